The first kappa shape index (κ1) is 19.2. The van der Waals surface area contributed by atoms with Crippen LogP contribution in [-0.4, -0.2) is 57.2 Å². The van der Waals surface area contributed by atoms with Crippen molar-refractivity contribution in [1.82, 2.24) is 9.97 Å². The number of benzene rings is 1. The summed E-state index contributed by atoms with van der Waals surface area (Å²) in [4.78, 5) is 10.8. The molecule has 3 rings (SSSR count). The van der Waals surface area contributed by atoms with Gasteiger partial charge in [0.25, 0.3) is 0 Å². The highest BCUT2D eigenvalue weighted by Gasteiger charge is 2.31. The van der Waals surface area contributed by atoms with E-state index in [1.807, 2.05) is 43.1 Å². The number of aryl methyl sites for hydroxylation is 1. The number of hydrogen-bond donors (Lipinski definition) is 1. The van der Waals surface area contributed by atoms with Crippen LogP contribution >= 0.6 is 0 Å². The molecule has 1 aromatic carbocycles. The van der Waals surface area contributed by atoms with Gasteiger partial charge >= 0.3 is 0 Å². The van der Waals surface area contributed by atoms with E-state index in [-0.39, 0.29) is 17.5 Å². The van der Waals surface area contributed by atoms with Crippen LogP contribution in [-0.2, 0) is 9.84 Å². The van der Waals surface area contributed by atoms with Crippen molar-refractivity contribution in [2.75, 3.05) is 43.0 Å². The van der Waals surface area contributed by atoms with Crippen molar-refractivity contribution in [3.63, 3.8) is 0 Å². The Bertz CT molecular complexity index is 933. The van der Waals surface area contributed by atoms with Crippen LogP contribution in [0.4, 0.5) is 17.3 Å². The zero-order valence-electron chi connectivity index (χ0n) is 15.9. The van der Waals surface area contributed by atoms with Gasteiger partial charge in [0.05, 0.1) is 25.7 Å². The third-order valence-corrected chi connectivity index (χ3v) is 6.35. The Kier molecular flexibility index (Phi) is 5.41. The Morgan fingerprint density at radius 2 is 1.89 bits per heavy atom. The number of rotatable bonds is 6. The number of nitrogens with zero attached hydrogens (tertiary/aromatic N) is 3. The quantitative estimate of drug-likeness (QED) is 0.799. The van der Waals surface area contributed by atoms with Gasteiger partial charge in [0.1, 0.15) is 17.5 Å². The lowest BCUT2D eigenvalue weighted by Crippen LogP contribution is -2.33. The molecule has 1 aromatic heterocycles. The van der Waals surface area contributed by atoms with Gasteiger partial charge in [-0.2, -0.15) is 0 Å². The molecule has 1 N–H and O–H groups in total. The summed E-state index contributed by atoms with van der Waals surface area (Å²) in [6.45, 7) is 1.81. The maximum Gasteiger partial charge on any atom is 0.162 e. The van der Waals surface area contributed by atoms with Gasteiger partial charge in [-0.15, -0.1) is 0 Å². The average Bonchev–Trinajstić information content (AvgIpc) is 3.00. The molecule has 0 spiro atoms. The SMILES string of the molecule is COc1ccc(Nc2cc(N(C)C3CCS(=O)(=O)C3)nc(C)n2)cc1OC. The molecule has 146 valence electrons. The topological polar surface area (TPSA) is 93.7 Å². The van der Waals surface area contributed by atoms with Crippen molar-refractivity contribution in [2.24, 2.45) is 0 Å². The molecular weight excluding hydrogens is 368 g/mol. The summed E-state index contributed by atoms with van der Waals surface area (Å²) >= 11 is 0. The molecule has 2 heterocycles. The lowest BCUT2D eigenvalue weighted by atomic mass is 10.2. The maximum absolute atomic E-state index is 11.8. The molecular formula is C18H24N4O4S. The number of ether oxygens (including phenoxy) is 2. The van der Waals surface area contributed by atoms with Gasteiger partial charge in [0, 0.05) is 30.9 Å². The summed E-state index contributed by atoms with van der Waals surface area (Å²) in [6, 6.07) is 7.24. The highest BCUT2D eigenvalue weighted by Crippen LogP contribution is 2.31. The van der Waals surface area contributed by atoms with Crippen molar-refractivity contribution in [1.29, 1.82) is 0 Å². The highest BCUT2D eigenvalue weighted by molar-refractivity contribution is 7.91. The Balaban J connectivity index is 1.83. The fourth-order valence-electron chi connectivity index (χ4n) is 3.13. The number of methoxy groups -OCH3 is 2. The molecule has 0 radical (unpaired) electrons. The van der Waals surface area contributed by atoms with E-state index in [1.165, 1.54) is 0 Å². The van der Waals surface area contributed by atoms with Crippen LogP contribution in [0.25, 0.3) is 0 Å². The molecule has 1 aliphatic rings. The number of sulfone groups is 1. The smallest absolute Gasteiger partial charge is 0.162 e. The Morgan fingerprint density at radius 1 is 1.15 bits per heavy atom. The van der Waals surface area contributed by atoms with Gasteiger partial charge < -0.3 is 19.7 Å². The highest BCUT2D eigenvalue weighted by atomic mass is 32.2. The second kappa shape index (κ2) is 7.59. The molecule has 1 aliphatic heterocycles. The van der Waals surface area contributed by atoms with Crippen LogP contribution in [0.15, 0.2) is 24.3 Å². The second-order valence-electron chi connectivity index (χ2n) is 6.52. The minimum absolute atomic E-state index is 0.0711. The molecule has 9 heteroatoms. The average molecular weight is 392 g/mol. The van der Waals surface area contributed by atoms with E-state index in [4.69, 9.17) is 9.47 Å². The molecule has 27 heavy (non-hydrogen) atoms. The Hall–Kier alpha value is -2.55. The summed E-state index contributed by atoms with van der Waals surface area (Å²) in [5.41, 5.74) is 0.794. The van der Waals surface area contributed by atoms with E-state index < -0.39 is 9.84 Å². The van der Waals surface area contributed by atoms with Crippen molar-refractivity contribution in [3.8, 4) is 11.5 Å². The predicted molar refractivity (Wildman–Crippen MR) is 105 cm³/mol. The molecule has 0 amide bonds. The normalized spacial score (nSPS) is 18.1. The largest absolute Gasteiger partial charge is 0.493 e. The summed E-state index contributed by atoms with van der Waals surface area (Å²) in [5, 5.41) is 3.24. The standard InChI is InChI=1S/C18H24N4O4S/c1-12-19-17(21-13-5-6-15(25-3)16(9-13)26-4)10-18(20-12)22(2)14-7-8-27(23,24)11-14/h5-6,9-10,14H,7-8,11H2,1-4H3,(H,19,20,21). The summed E-state index contributed by atoms with van der Waals surface area (Å²) in [6.07, 6.45) is 0.611. The zero-order chi connectivity index (χ0) is 19.6. The summed E-state index contributed by atoms with van der Waals surface area (Å²) in [7, 11) is 2.08. The van der Waals surface area contributed by atoms with Crippen molar-refractivity contribution in [3.05, 3.63) is 30.1 Å². The third kappa shape index (κ3) is 4.41. The first-order valence-electron chi connectivity index (χ1n) is 8.59. The predicted octanol–water partition coefficient (Wildman–Crippen LogP) is 2.17. The van der Waals surface area contributed by atoms with Crippen molar-refractivity contribution >= 4 is 27.2 Å². The van der Waals surface area contributed by atoms with E-state index in [0.717, 1.165) is 5.69 Å². The minimum Gasteiger partial charge on any atom is -0.493 e. The molecule has 1 unspecified atom stereocenters. The van der Waals surface area contributed by atoms with Crippen molar-refractivity contribution in [2.45, 2.75) is 19.4 Å². The van der Waals surface area contributed by atoms with E-state index in [2.05, 4.69) is 15.3 Å². The van der Waals surface area contributed by atoms with Gasteiger partial charge in [-0.3, -0.25) is 0 Å². The maximum atomic E-state index is 11.8. The number of nitrogens with one attached hydrogen (secondary N) is 1. The monoisotopic (exact) mass is 392 g/mol. The molecule has 2 aromatic rings. The van der Waals surface area contributed by atoms with Crippen LogP contribution in [0, 0.1) is 6.92 Å². The van der Waals surface area contributed by atoms with E-state index >= 15 is 0 Å². The lowest BCUT2D eigenvalue weighted by molar-refractivity contribution is 0.355. The van der Waals surface area contributed by atoms with Crippen LogP contribution in [0.5, 0.6) is 11.5 Å². The van der Waals surface area contributed by atoms with E-state index in [0.29, 0.717) is 35.4 Å². The van der Waals surface area contributed by atoms with Gasteiger partial charge in [0.15, 0.2) is 21.3 Å². The molecule has 1 saturated heterocycles. The van der Waals surface area contributed by atoms with Crippen LogP contribution in [0.1, 0.15) is 12.2 Å². The molecule has 0 bridgehead atoms. The van der Waals surface area contributed by atoms with Gasteiger partial charge in [-0.25, -0.2) is 18.4 Å². The van der Waals surface area contributed by atoms with Crippen LogP contribution in [0.3, 0.4) is 0 Å². The number of aromatic nitrogens is 2. The van der Waals surface area contributed by atoms with E-state index in [1.54, 1.807) is 14.2 Å². The lowest BCUT2D eigenvalue weighted by Gasteiger charge is -2.25. The molecule has 1 fully saturated rings. The Labute approximate surface area is 159 Å². The summed E-state index contributed by atoms with van der Waals surface area (Å²) < 4.78 is 34.1. The van der Waals surface area contributed by atoms with Crippen LogP contribution < -0.4 is 19.7 Å². The number of anilines is 3. The van der Waals surface area contributed by atoms with Gasteiger partial charge in [0.2, 0.25) is 0 Å². The fraction of sp³-hybridized carbons (Fsp3) is 0.444. The first-order valence-corrected chi connectivity index (χ1v) is 10.4. The van der Waals surface area contributed by atoms with Gasteiger partial charge in [-0.05, 0) is 25.5 Å². The van der Waals surface area contributed by atoms with E-state index in [9.17, 15) is 8.42 Å². The molecule has 0 aliphatic carbocycles. The molecule has 8 nitrogen and oxygen atoms in total. The van der Waals surface area contributed by atoms with Gasteiger partial charge in [-0.1, -0.05) is 0 Å². The van der Waals surface area contributed by atoms with Crippen molar-refractivity contribution < 1.29 is 17.9 Å². The van der Waals surface area contributed by atoms with Crippen LogP contribution in [0.2, 0.25) is 0 Å². The third-order valence-electron chi connectivity index (χ3n) is 4.60. The minimum atomic E-state index is -2.96. The fourth-order valence-corrected chi connectivity index (χ4v) is 4.90. The summed E-state index contributed by atoms with van der Waals surface area (Å²) in [5.74, 6) is 3.55. The first-order chi connectivity index (χ1) is 12.8. The molecule has 0 saturated carbocycles. The number of hydrogen-bond acceptors (Lipinski definition) is 8. The second-order valence-corrected chi connectivity index (χ2v) is 8.75. The molecule has 1 atom stereocenters. The zero-order valence-corrected chi connectivity index (χ0v) is 16.7. The Morgan fingerprint density at radius 3 is 2.52 bits per heavy atom.